The van der Waals surface area contributed by atoms with Gasteiger partial charge >= 0.3 is 0 Å². The summed E-state index contributed by atoms with van der Waals surface area (Å²) >= 11 is 1.37. The van der Waals surface area contributed by atoms with Gasteiger partial charge in [-0.15, -0.1) is 23.7 Å². The van der Waals surface area contributed by atoms with E-state index in [1.165, 1.54) is 11.3 Å². The number of nitrogens with one attached hydrogen (secondary N) is 1. The number of aromatic nitrogens is 1. The molecule has 3 N–H and O–H groups in total. The number of rotatable bonds is 3. The van der Waals surface area contributed by atoms with Crippen molar-refractivity contribution in [3.8, 4) is 0 Å². The van der Waals surface area contributed by atoms with Crippen molar-refractivity contribution in [3.05, 3.63) is 16.1 Å². The Morgan fingerprint density at radius 2 is 2.24 bits per heavy atom. The van der Waals surface area contributed by atoms with Crippen LogP contribution in [-0.2, 0) is 11.3 Å². The van der Waals surface area contributed by atoms with E-state index < -0.39 is 0 Å². The Morgan fingerprint density at radius 1 is 1.57 bits per heavy atom. The summed E-state index contributed by atoms with van der Waals surface area (Å²) in [6, 6.07) is -0.155. The molecule has 1 aromatic rings. The number of hydrogen-bond donors (Lipinski definition) is 2. The summed E-state index contributed by atoms with van der Waals surface area (Å²) in [7, 11) is 0. The molecular formula is C13H21ClN4O2S. The van der Waals surface area contributed by atoms with Crippen LogP contribution in [0.3, 0.4) is 0 Å². The normalized spacial score (nSPS) is 18.6. The molecule has 0 bridgehead atoms. The highest BCUT2D eigenvalue weighted by molar-refractivity contribution is 7.09. The first kappa shape index (κ1) is 17.9. The highest BCUT2D eigenvalue weighted by Crippen LogP contribution is 2.22. The van der Waals surface area contributed by atoms with Crippen LogP contribution in [0.15, 0.2) is 5.38 Å². The topological polar surface area (TPSA) is 88.3 Å². The number of nitrogens with two attached hydrogens (primary N) is 1. The molecule has 1 saturated heterocycles. The lowest BCUT2D eigenvalue weighted by Gasteiger charge is -2.32. The van der Waals surface area contributed by atoms with Crippen molar-refractivity contribution in [1.82, 2.24) is 15.2 Å². The molecule has 1 aliphatic heterocycles. The number of carbonyl (C=O) groups is 2. The van der Waals surface area contributed by atoms with Crippen molar-refractivity contribution in [3.63, 3.8) is 0 Å². The summed E-state index contributed by atoms with van der Waals surface area (Å²) in [5.41, 5.74) is 5.63. The molecule has 118 valence electrons. The molecule has 2 rings (SSSR count). The highest BCUT2D eigenvalue weighted by atomic mass is 35.5. The number of nitrogens with zero attached hydrogens (tertiary/aromatic N) is 2. The van der Waals surface area contributed by atoms with Crippen LogP contribution in [0.4, 0.5) is 0 Å². The van der Waals surface area contributed by atoms with Gasteiger partial charge in [-0.25, -0.2) is 4.98 Å². The largest absolute Gasteiger partial charge is 0.346 e. The fraction of sp³-hybridized carbons (Fsp3) is 0.615. The van der Waals surface area contributed by atoms with Crippen LogP contribution >= 0.6 is 23.7 Å². The zero-order valence-corrected chi connectivity index (χ0v) is 14.0. The van der Waals surface area contributed by atoms with Gasteiger partial charge in [0.1, 0.15) is 10.7 Å². The molecule has 0 radical (unpaired) electrons. The second kappa shape index (κ2) is 6.72. The lowest BCUT2D eigenvalue weighted by molar-refractivity contribution is -0.131. The van der Waals surface area contributed by atoms with E-state index in [1.807, 2.05) is 20.8 Å². The predicted octanol–water partition coefficient (Wildman–Crippen LogP) is 1.15. The summed E-state index contributed by atoms with van der Waals surface area (Å²) in [5, 5.41) is 5.29. The fourth-order valence-corrected chi connectivity index (χ4v) is 2.88. The SMILES string of the molecule is CC(C)(C)N1CC(NC(=O)c2csc(CN)n2)CC1=O.Cl. The summed E-state index contributed by atoms with van der Waals surface area (Å²) in [6.07, 6.45) is 0.344. The van der Waals surface area contributed by atoms with E-state index in [2.05, 4.69) is 10.3 Å². The van der Waals surface area contributed by atoms with Crippen molar-refractivity contribution in [2.45, 2.75) is 45.3 Å². The average Bonchev–Trinajstić information content (AvgIpc) is 2.94. The zero-order chi connectivity index (χ0) is 14.9. The summed E-state index contributed by atoms with van der Waals surface area (Å²) in [5.74, 6) is -0.168. The van der Waals surface area contributed by atoms with Crippen LogP contribution in [0.1, 0.15) is 42.7 Å². The molecule has 1 aromatic heterocycles. The molecule has 2 amide bonds. The molecule has 21 heavy (non-hydrogen) atoms. The van der Waals surface area contributed by atoms with E-state index >= 15 is 0 Å². The molecule has 1 aliphatic rings. The first-order chi connectivity index (χ1) is 9.31. The molecule has 1 atom stereocenters. The Labute approximate surface area is 134 Å². The zero-order valence-electron chi connectivity index (χ0n) is 12.4. The molecule has 1 unspecified atom stereocenters. The van der Waals surface area contributed by atoms with Crippen LogP contribution in [0.25, 0.3) is 0 Å². The average molecular weight is 333 g/mol. The van der Waals surface area contributed by atoms with E-state index in [9.17, 15) is 9.59 Å². The Bertz CT molecular complexity index is 526. The quantitative estimate of drug-likeness (QED) is 0.869. The fourth-order valence-electron chi connectivity index (χ4n) is 2.22. The summed E-state index contributed by atoms with van der Waals surface area (Å²) in [4.78, 5) is 29.9. The molecule has 8 heteroatoms. The molecule has 1 fully saturated rings. The van der Waals surface area contributed by atoms with E-state index in [4.69, 9.17) is 5.73 Å². The Morgan fingerprint density at radius 3 is 2.71 bits per heavy atom. The van der Waals surface area contributed by atoms with Crippen LogP contribution in [0, 0.1) is 0 Å². The van der Waals surface area contributed by atoms with E-state index in [-0.39, 0.29) is 35.8 Å². The van der Waals surface area contributed by atoms with Gasteiger partial charge in [0.25, 0.3) is 5.91 Å². The monoisotopic (exact) mass is 332 g/mol. The van der Waals surface area contributed by atoms with Crippen molar-refractivity contribution in [1.29, 1.82) is 0 Å². The first-order valence-electron chi connectivity index (χ1n) is 6.57. The van der Waals surface area contributed by atoms with Gasteiger partial charge in [0.15, 0.2) is 0 Å². The molecular weight excluding hydrogens is 312 g/mol. The molecule has 0 saturated carbocycles. The second-order valence-corrected chi connectivity index (χ2v) is 6.82. The number of carbonyl (C=O) groups excluding carboxylic acids is 2. The molecule has 2 heterocycles. The van der Waals surface area contributed by atoms with Crippen LogP contribution < -0.4 is 11.1 Å². The minimum atomic E-state index is -0.241. The van der Waals surface area contributed by atoms with Gasteiger partial charge in [-0.1, -0.05) is 0 Å². The number of hydrogen-bond acceptors (Lipinski definition) is 5. The summed E-state index contributed by atoms with van der Waals surface area (Å²) in [6.45, 7) is 6.84. The lowest BCUT2D eigenvalue weighted by Crippen LogP contribution is -2.44. The Hall–Kier alpha value is -1.18. The minimum absolute atomic E-state index is 0. The number of thiazole rings is 1. The minimum Gasteiger partial charge on any atom is -0.346 e. The smallest absolute Gasteiger partial charge is 0.271 e. The Kier molecular flexibility index (Phi) is 5.72. The lowest BCUT2D eigenvalue weighted by atomic mass is 10.1. The summed E-state index contributed by atoms with van der Waals surface area (Å²) < 4.78 is 0. The van der Waals surface area contributed by atoms with Gasteiger partial charge in [0, 0.05) is 30.4 Å². The van der Waals surface area contributed by atoms with Crippen molar-refractivity contribution in [2.75, 3.05) is 6.54 Å². The third-order valence-corrected chi connectivity index (χ3v) is 4.10. The van der Waals surface area contributed by atoms with Crippen molar-refractivity contribution >= 4 is 35.6 Å². The molecule has 6 nitrogen and oxygen atoms in total. The third-order valence-electron chi connectivity index (χ3n) is 3.23. The van der Waals surface area contributed by atoms with Gasteiger partial charge in [-0.3, -0.25) is 9.59 Å². The highest BCUT2D eigenvalue weighted by Gasteiger charge is 2.36. The van der Waals surface area contributed by atoms with Crippen molar-refractivity contribution in [2.24, 2.45) is 5.73 Å². The van der Waals surface area contributed by atoms with Crippen LogP contribution in [0.2, 0.25) is 0 Å². The van der Waals surface area contributed by atoms with E-state index in [1.54, 1.807) is 10.3 Å². The van der Waals surface area contributed by atoms with Gasteiger partial charge in [-0.05, 0) is 20.8 Å². The second-order valence-electron chi connectivity index (χ2n) is 5.88. The van der Waals surface area contributed by atoms with Gasteiger partial charge in [0.2, 0.25) is 5.91 Å². The van der Waals surface area contributed by atoms with Gasteiger partial charge in [-0.2, -0.15) is 0 Å². The van der Waals surface area contributed by atoms with Crippen LogP contribution in [0.5, 0.6) is 0 Å². The maximum atomic E-state index is 12.1. The van der Waals surface area contributed by atoms with Gasteiger partial charge in [0.05, 0.1) is 6.04 Å². The third kappa shape index (κ3) is 4.15. The van der Waals surface area contributed by atoms with E-state index in [0.717, 1.165) is 5.01 Å². The van der Waals surface area contributed by atoms with Crippen LogP contribution in [-0.4, -0.2) is 39.8 Å². The van der Waals surface area contributed by atoms with E-state index in [0.29, 0.717) is 25.2 Å². The van der Waals surface area contributed by atoms with Gasteiger partial charge < -0.3 is 16.0 Å². The number of likely N-dealkylation sites (tertiary alicyclic amines) is 1. The van der Waals surface area contributed by atoms with Crippen molar-refractivity contribution < 1.29 is 9.59 Å². The predicted molar refractivity (Wildman–Crippen MR) is 84.6 cm³/mol. The first-order valence-corrected chi connectivity index (χ1v) is 7.45. The number of halogens is 1. The molecule has 0 spiro atoms. The maximum Gasteiger partial charge on any atom is 0.271 e. The standard InChI is InChI=1S/C13H20N4O2S.ClH/c1-13(2,3)17-6-8(4-11(17)18)15-12(19)9-7-20-10(5-14)16-9;/h7-8H,4-6,14H2,1-3H3,(H,15,19);1H. The Balaban J connectivity index is 0.00000220. The molecule has 0 aliphatic carbocycles. The maximum absolute atomic E-state index is 12.1. The number of amides is 2. The molecule has 0 aromatic carbocycles.